The highest BCUT2D eigenvalue weighted by Crippen LogP contribution is 2.34. The van der Waals surface area contributed by atoms with Gasteiger partial charge in [0.05, 0.1) is 20.3 Å². The molecule has 136 valence electrons. The lowest BCUT2D eigenvalue weighted by Gasteiger charge is -2.28. The highest BCUT2D eigenvalue weighted by Gasteiger charge is 2.53. The van der Waals surface area contributed by atoms with Crippen LogP contribution in [-0.2, 0) is 23.8 Å². The summed E-state index contributed by atoms with van der Waals surface area (Å²) in [6.07, 6.45) is -2.13. The molecule has 7 nitrogen and oxygen atoms in total. The summed E-state index contributed by atoms with van der Waals surface area (Å²) in [5, 5.41) is 1.95. The second-order valence-electron chi connectivity index (χ2n) is 5.95. The van der Waals surface area contributed by atoms with Crippen molar-refractivity contribution in [1.29, 1.82) is 0 Å². The number of methoxy groups -OCH3 is 2. The minimum Gasteiger partial charge on any atom is -0.467 e. The molecule has 1 saturated heterocycles. The molecule has 3 rings (SSSR count). The third-order valence-electron chi connectivity index (χ3n) is 4.59. The normalized spacial score (nSPS) is 20.6. The van der Waals surface area contributed by atoms with Crippen molar-refractivity contribution in [2.24, 2.45) is 0 Å². The van der Waals surface area contributed by atoms with Crippen LogP contribution < -0.4 is 0 Å². The van der Waals surface area contributed by atoms with Crippen LogP contribution in [0, 0.1) is 0 Å². The van der Waals surface area contributed by atoms with Crippen LogP contribution >= 0.6 is 0 Å². The number of benzene rings is 2. The van der Waals surface area contributed by atoms with Gasteiger partial charge in [-0.25, -0.2) is 14.4 Å². The van der Waals surface area contributed by atoms with Crippen molar-refractivity contribution < 1.29 is 28.6 Å². The van der Waals surface area contributed by atoms with E-state index in [0.29, 0.717) is 0 Å². The van der Waals surface area contributed by atoms with E-state index in [1.54, 1.807) is 6.92 Å². The fraction of sp³-hybridized carbons (Fsp3) is 0.316. The topological polar surface area (TPSA) is 82.1 Å². The quantitative estimate of drug-likeness (QED) is 0.617. The Morgan fingerprint density at radius 3 is 2.38 bits per heavy atom. The van der Waals surface area contributed by atoms with E-state index in [1.807, 2.05) is 42.5 Å². The van der Waals surface area contributed by atoms with E-state index in [2.05, 4.69) is 4.74 Å². The number of rotatable bonds is 4. The zero-order valence-corrected chi connectivity index (χ0v) is 14.7. The lowest BCUT2D eigenvalue weighted by Crippen LogP contribution is -2.47. The van der Waals surface area contributed by atoms with Crippen LogP contribution in [-0.4, -0.2) is 49.3 Å². The van der Waals surface area contributed by atoms with E-state index in [0.717, 1.165) is 16.3 Å². The van der Waals surface area contributed by atoms with Gasteiger partial charge in [0.2, 0.25) is 6.10 Å². The van der Waals surface area contributed by atoms with Gasteiger partial charge < -0.3 is 14.2 Å². The van der Waals surface area contributed by atoms with Crippen LogP contribution in [0.3, 0.4) is 0 Å². The predicted octanol–water partition coefficient (Wildman–Crippen LogP) is 2.44. The molecule has 2 aromatic rings. The first-order valence-corrected chi connectivity index (χ1v) is 8.12. The molecule has 0 N–H and O–H groups in total. The van der Waals surface area contributed by atoms with Crippen molar-refractivity contribution in [1.82, 2.24) is 4.90 Å². The first-order valence-electron chi connectivity index (χ1n) is 8.12. The Morgan fingerprint density at radius 2 is 1.69 bits per heavy atom. The Balaban J connectivity index is 2.06. The number of carbonyl (C=O) groups is 3. The largest absolute Gasteiger partial charge is 0.467 e. The number of cyclic esters (lactones) is 1. The van der Waals surface area contributed by atoms with Crippen LogP contribution in [0.25, 0.3) is 10.8 Å². The highest BCUT2D eigenvalue weighted by molar-refractivity contribution is 5.94. The average Bonchev–Trinajstić information content (AvgIpc) is 3.02. The molecule has 2 aromatic carbocycles. The van der Waals surface area contributed by atoms with Crippen molar-refractivity contribution in [3.8, 4) is 0 Å². The van der Waals surface area contributed by atoms with Crippen LogP contribution in [0.2, 0.25) is 0 Å². The Labute approximate surface area is 150 Å². The Bertz CT molecular complexity index is 859. The maximum absolute atomic E-state index is 12.5. The fourth-order valence-electron chi connectivity index (χ4n) is 3.31. The van der Waals surface area contributed by atoms with Gasteiger partial charge in [-0.1, -0.05) is 42.5 Å². The Morgan fingerprint density at radius 1 is 1.04 bits per heavy atom. The molecular weight excluding hydrogens is 338 g/mol. The van der Waals surface area contributed by atoms with Gasteiger partial charge >= 0.3 is 18.0 Å². The Kier molecular flexibility index (Phi) is 4.79. The average molecular weight is 357 g/mol. The third-order valence-corrected chi connectivity index (χ3v) is 4.59. The zero-order valence-electron chi connectivity index (χ0n) is 14.7. The number of hydrogen-bond donors (Lipinski definition) is 0. The lowest BCUT2D eigenvalue weighted by molar-refractivity contribution is -0.158. The van der Waals surface area contributed by atoms with E-state index in [-0.39, 0.29) is 0 Å². The first kappa shape index (κ1) is 17.7. The lowest BCUT2D eigenvalue weighted by atomic mass is 9.97. The smallest absolute Gasteiger partial charge is 0.412 e. The van der Waals surface area contributed by atoms with Crippen molar-refractivity contribution in [3.05, 3.63) is 48.0 Å². The summed E-state index contributed by atoms with van der Waals surface area (Å²) in [7, 11) is 2.36. The van der Waals surface area contributed by atoms with Crippen LogP contribution in [0.4, 0.5) is 4.79 Å². The highest BCUT2D eigenvalue weighted by atomic mass is 16.6. The minimum absolute atomic E-state index is 0.521. The second kappa shape index (κ2) is 7.03. The second-order valence-corrected chi connectivity index (χ2v) is 5.95. The predicted molar refractivity (Wildman–Crippen MR) is 92.3 cm³/mol. The standard InChI is InChI=1S/C19H19NO6/c1-11(13-10-6-8-12-7-4-5-9-14(12)13)20-15(17(21)24-2)16(18(22)25-3)26-19(20)23/h4-11,15-16H,1-3H3. The van der Waals surface area contributed by atoms with Gasteiger partial charge in [-0.15, -0.1) is 0 Å². The fourth-order valence-corrected chi connectivity index (χ4v) is 3.31. The summed E-state index contributed by atoms with van der Waals surface area (Å²) in [6.45, 7) is 1.78. The number of hydrogen-bond acceptors (Lipinski definition) is 6. The first-order chi connectivity index (χ1) is 12.5. The zero-order chi connectivity index (χ0) is 18.8. The van der Waals surface area contributed by atoms with E-state index >= 15 is 0 Å². The summed E-state index contributed by atoms with van der Waals surface area (Å²) in [5.74, 6) is -1.54. The van der Waals surface area contributed by atoms with E-state index in [9.17, 15) is 14.4 Å². The molecule has 7 heteroatoms. The SMILES string of the molecule is COC(=O)C1OC(=O)N(C(C)c2cccc3ccccc23)C1C(=O)OC. The molecule has 1 fully saturated rings. The molecular formula is C19H19NO6. The maximum atomic E-state index is 12.5. The molecule has 0 bridgehead atoms. The molecule has 1 aliphatic rings. The van der Waals surface area contributed by atoms with Crippen molar-refractivity contribution in [2.75, 3.05) is 14.2 Å². The molecule has 1 heterocycles. The number of carbonyl (C=O) groups excluding carboxylic acids is 3. The summed E-state index contributed by atoms with van der Waals surface area (Å²) < 4.78 is 14.6. The summed E-state index contributed by atoms with van der Waals surface area (Å²) in [5.41, 5.74) is 0.833. The van der Waals surface area contributed by atoms with Gasteiger partial charge in [0.1, 0.15) is 0 Å². The van der Waals surface area contributed by atoms with Crippen molar-refractivity contribution in [3.63, 3.8) is 0 Å². The van der Waals surface area contributed by atoms with Crippen molar-refractivity contribution >= 4 is 28.8 Å². The number of ether oxygens (including phenoxy) is 3. The van der Waals surface area contributed by atoms with Crippen LogP contribution in [0.15, 0.2) is 42.5 Å². The molecule has 0 radical (unpaired) electrons. The Hall–Kier alpha value is -3.09. The van der Waals surface area contributed by atoms with Gasteiger partial charge in [0.15, 0.2) is 6.04 Å². The summed E-state index contributed by atoms with van der Waals surface area (Å²) >= 11 is 0. The van der Waals surface area contributed by atoms with Gasteiger partial charge in [-0.3, -0.25) is 4.90 Å². The van der Waals surface area contributed by atoms with Gasteiger partial charge in [0.25, 0.3) is 0 Å². The summed E-state index contributed by atoms with van der Waals surface area (Å²) in [4.78, 5) is 38.0. The molecule has 0 saturated carbocycles. The molecule has 0 spiro atoms. The van der Waals surface area contributed by atoms with E-state index < -0.39 is 36.2 Å². The van der Waals surface area contributed by atoms with Crippen LogP contribution in [0.1, 0.15) is 18.5 Å². The number of nitrogens with zero attached hydrogens (tertiary/aromatic N) is 1. The molecule has 26 heavy (non-hydrogen) atoms. The molecule has 0 aliphatic carbocycles. The minimum atomic E-state index is -1.36. The molecule has 3 atom stereocenters. The third kappa shape index (κ3) is 2.85. The molecule has 1 aliphatic heterocycles. The van der Waals surface area contributed by atoms with Gasteiger partial charge in [-0.05, 0) is 23.3 Å². The van der Waals surface area contributed by atoms with Crippen LogP contribution in [0.5, 0.6) is 0 Å². The molecule has 0 aromatic heterocycles. The number of fused-ring (bicyclic) bond motifs is 1. The summed E-state index contributed by atoms with van der Waals surface area (Å²) in [6, 6.07) is 11.7. The van der Waals surface area contributed by atoms with Gasteiger partial charge in [0, 0.05) is 0 Å². The van der Waals surface area contributed by atoms with E-state index in [1.165, 1.54) is 19.1 Å². The number of amides is 1. The number of esters is 2. The molecule has 3 unspecified atom stereocenters. The maximum Gasteiger partial charge on any atom is 0.412 e. The van der Waals surface area contributed by atoms with Gasteiger partial charge in [-0.2, -0.15) is 0 Å². The molecule has 1 amide bonds. The monoisotopic (exact) mass is 357 g/mol. The van der Waals surface area contributed by atoms with Crippen molar-refractivity contribution in [2.45, 2.75) is 25.1 Å². The van der Waals surface area contributed by atoms with E-state index in [4.69, 9.17) is 9.47 Å².